The molecule has 9 nitrogen and oxygen atoms in total. The molecule has 0 fully saturated rings. The van der Waals surface area contributed by atoms with Crippen molar-refractivity contribution in [2.24, 2.45) is 0 Å². The fraction of sp³-hybridized carbons (Fsp3) is 0.174. The Morgan fingerprint density at radius 1 is 1.00 bits per heavy atom. The highest BCUT2D eigenvalue weighted by atomic mass is 16.5. The lowest BCUT2D eigenvalue weighted by molar-refractivity contribution is 0.0946. The number of nitrogens with one attached hydrogen (secondary N) is 1. The second-order valence-electron chi connectivity index (χ2n) is 6.85. The van der Waals surface area contributed by atoms with E-state index in [1.54, 1.807) is 6.07 Å². The average Bonchev–Trinajstić information content (AvgIpc) is 3.32. The standard InChI is InChI=1S/C23H22N6O3/c1-2-32-19-10-8-17(9-11-19)20-12-13-22(30)28(26-20)15-14-24-23(31)21-16-25-29(27-21)18-6-4-3-5-7-18/h3-13,16H,2,14-15H2,1H3,(H,24,31). The van der Waals surface area contributed by atoms with E-state index in [1.165, 1.54) is 21.7 Å². The van der Waals surface area contributed by atoms with Crippen LogP contribution in [0.15, 0.2) is 77.7 Å². The van der Waals surface area contributed by atoms with Gasteiger partial charge in [0.05, 0.1) is 30.7 Å². The smallest absolute Gasteiger partial charge is 0.273 e. The van der Waals surface area contributed by atoms with Crippen LogP contribution in [0.2, 0.25) is 0 Å². The van der Waals surface area contributed by atoms with E-state index in [-0.39, 0.29) is 30.2 Å². The van der Waals surface area contributed by atoms with Gasteiger partial charge in [0.15, 0.2) is 5.69 Å². The molecule has 0 radical (unpaired) electrons. The number of hydrogen-bond donors (Lipinski definition) is 1. The summed E-state index contributed by atoms with van der Waals surface area (Å²) in [7, 11) is 0. The van der Waals surface area contributed by atoms with Gasteiger partial charge in [-0.3, -0.25) is 9.59 Å². The zero-order valence-electron chi connectivity index (χ0n) is 17.5. The lowest BCUT2D eigenvalue weighted by Gasteiger charge is -2.09. The van der Waals surface area contributed by atoms with Crippen molar-refractivity contribution in [3.05, 3.63) is 89.0 Å². The van der Waals surface area contributed by atoms with Crippen LogP contribution in [0, 0.1) is 0 Å². The van der Waals surface area contributed by atoms with E-state index in [0.717, 1.165) is 17.0 Å². The second kappa shape index (κ2) is 9.69. The summed E-state index contributed by atoms with van der Waals surface area (Å²) in [6.45, 7) is 2.96. The van der Waals surface area contributed by atoms with Crippen LogP contribution in [0.25, 0.3) is 16.9 Å². The Balaban J connectivity index is 1.38. The summed E-state index contributed by atoms with van der Waals surface area (Å²) in [4.78, 5) is 26.0. The van der Waals surface area contributed by atoms with Crippen molar-refractivity contribution in [2.75, 3.05) is 13.2 Å². The maximum atomic E-state index is 12.4. The molecule has 0 aliphatic rings. The van der Waals surface area contributed by atoms with Crippen LogP contribution in [0.1, 0.15) is 17.4 Å². The van der Waals surface area contributed by atoms with Gasteiger partial charge < -0.3 is 10.1 Å². The van der Waals surface area contributed by atoms with Gasteiger partial charge in [-0.25, -0.2) is 4.68 Å². The Kier molecular flexibility index (Phi) is 6.35. The van der Waals surface area contributed by atoms with Crippen molar-refractivity contribution >= 4 is 5.91 Å². The van der Waals surface area contributed by atoms with Gasteiger partial charge in [-0.05, 0) is 49.4 Å². The molecule has 0 spiro atoms. The highest BCUT2D eigenvalue weighted by Gasteiger charge is 2.11. The van der Waals surface area contributed by atoms with E-state index >= 15 is 0 Å². The average molecular weight is 430 g/mol. The largest absolute Gasteiger partial charge is 0.494 e. The molecule has 4 aromatic rings. The topological polar surface area (TPSA) is 104 Å². The zero-order chi connectivity index (χ0) is 22.3. The normalized spacial score (nSPS) is 10.7. The quantitative estimate of drug-likeness (QED) is 0.460. The van der Waals surface area contributed by atoms with Crippen molar-refractivity contribution < 1.29 is 9.53 Å². The Labute approximate surface area is 184 Å². The molecule has 162 valence electrons. The molecule has 0 unspecified atom stereocenters. The first-order valence-corrected chi connectivity index (χ1v) is 10.2. The zero-order valence-corrected chi connectivity index (χ0v) is 17.5. The summed E-state index contributed by atoms with van der Waals surface area (Å²) in [5.41, 5.74) is 2.23. The fourth-order valence-corrected chi connectivity index (χ4v) is 3.07. The molecule has 0 aliphatic carbocycles. The molecule has 2 aromatic heterocycles. The first-order valence-electron chi connectivity index (χ1n) is 10.2. The summed E-state index contributed by atoms with van der Waals surface area (Å²) < 4.78 is 6.78. The molecule has 0 atom stereocenters. The number of rotatable bonds is 8. The summed E-state index contributed by atoms with van der Waals surface area (Å²) in [5.74, 6) is 0.402. The summed E-state index contributed by atoms with van der Waals surface area (Å²) in [5, 5.41) is 15.5. The molecule has 4 rings (SSSR count). The molecule has 32 heavy (non-hydrogen) atoms. The molecule has 0 aliphatic heterocycles. The fourth-order valence-electron chi connectivity index (χ4n) is 3.07. The van der Waals surface area contributed by atoms with Crippen LogP contribution in [-0.4, -0.2) is 43.8 Å². The Bertz CT molecular complexity index is 1250. The highest BCUT2D eigenvalue weighted by molar-refractivity contribution is 5.91. The SMILES string of the molecule is CCOc1ccc(-c2ccc(=O)n(CCNC(=O)c3cnn(-c4ccccc4)n3)n2)cc1. The molecular formula is C23H22N6O3. The minimum Gasteiger partial charge on any atom is -0.494 e. The van der Waals surface area contributed by atoms with Crippen molar-refractivity contribution in [2.45, 2.75) is 13.5 Å². The van der Waals surface area contributed by atoms with Gasteiger partial charge in [0.1, 0.15) is 5.75 Å². The number of ether oxygens (including phenoxy) is 1. The van der Waals surface area contributed by atoms with Crippen LogP contribution in [-0.2, 0) is 6.54 Å². The number of benzene rings is 2. The lowest BCUT2D eigenvalue weighted by atomic mass is 10.1. The third kappa shape index (κ3) is 4.89. The first kappa shape index (κ1) is 21.0. The van der Waals surface area contributed by atoms with Crippen molar-refractivity contribution in [1.29, 1.82) is 0 Å². The molecule has 1 amide bonds. The predicted molar refractivity (Wildman–Crippen MR) is 119 cm³/mol. The van der Waals surface area contributed by atoms with Gasteiger partial charge in [0, 0.05) is 18.2 Å². The van der Waals surface area contributed by atoms with Gasteiger partial charge in [-0.1, -0.05) is 18.2 Å². The van der Waals surface area contributed by atoms with E-state index in [0.29, 0.717) is 12.3 Å². The first-order chi connectivity index (χ1) is 15.6. The molecule has 1 N–H and O–H groups in total. The lowest BCUT2D eigenvalue weighted by Crippen LogP contribution is -2.32. The highest BCUT2D eigenvalue weighted by Crippen LogP contribution is 2.19. The number of aromatic nitrogens is 5. The Hall–Kier alpha value is -4.27. The van der Waals surface area contributed by atoms with Gasteiger partial charge in [0.25, 0.3) is 11.5 Å². The van der Waals surface area contributed by atoms with Crippen LogP contribution >= 0.6 is 0 Å². The third-order valence-corrected chi connectivity index (χ3v) is 4.65. The number of carbonyl (C=O) groups is 1. The molecule has 0 saturated heterocycles. The maximum Gasteiger partial charge on any atom is 0.273 e. The number of carbonyl (C=O) groups excluding carboxylic acids is 1. The number of para-hydroxylation sites is 1. The van der Waals surface area contributed by atoms with E-state index in [2.05, 4.69) is 20.6 Å². The van der Waals surface area contributed by atoms with Crippen molar-refractivity contribution in [3.63, 3.8) is 0 Å². The Morgan fingerprint density at radius 2 is 1.78 bits per heavy atom. The van der Waals surface area contributed by atoms with Gasteiger partial charge in [-0.2, -0.15) is 15.0 Å². The van der Waals surface area contributed by atoms with Crippen LogP contribution in [0.4, 0.5) is 0 Å². The summed E-state index contributed by atoms with van der Waals surface area (Å²) in [6.07, 6.45) is 1.40. The van der Waals surface area contributed by atoms with Crippen molar-refractivity contribution in [3.8, 4) is 22.7 Å². The van der Waals surface area contributed by atoms with Crippen molar-refractivity contribution in [1.82, 2.24) is 30.1 Å². The summed E-state index contributed by atoms with van der Waals surface area (Å²) >= 11 is 0. The number of amides is 1. The molecule has 0 saturated carbocycles. The van der Waals surface area contributed by atoms with E-state index < -0.39 is 0 Å². The second-order valence-corrected chi connectivity index (χ2v) is 6.85. The van der Waals surface area contributed by atoms with E-state index in [4.69, 9.17) is 4.74 Å². The number of hydrogen-bond acceptors (Lipinski definition) is 6. The number of nitrogens with zero attached hydrogens (tertiary/aromatic N) is 5. The molecule has 0 bridgehead atoms. The van der Waals surface area contributed by atoms with Crippen LogP contribution in [0.5, 0.6) is 5.75 Å². The molecule has 2 heterocycles. The Morgan fingerprint density at radius 3 is 2.53 bits per heavy atom. The minimum absolute atomic E-state index is 0.192. The predicted octanol–water partition coefficient (Wildman–Crippen LogP) is 2.32. The van der Waals surface area contributed by atoms with Gasteiger partial charge >= 0.3 is 0 Å². The molecular weight excluding hydrogens is 408 g/mol. The van der Waals surface area contributed by atoms with Gasteiger partial charge in [0.2, 0.25) is 0 Å². The van der Waals surface area contributed by atoms with E-state index in [1.807, 2.05) is 61.5 Å². The van der Waals surface area contributed by atoms with Crippen LogP contribution < -0.4 is 15.6 Å². The van der Waals surface area contributed by atoms with E-state index in [9.17, 15) is 9.59 Å². The molecule has 2 aromatic carbocycles. The monoisotopic (exact) mass is 430 g/mol. The molecule has 9 heteroatoms. The van der Waals surface area contributed by atoms with Crippen LogP contribution in [0.3, 0.4) is 0 Å². The maximum absolute atomic E-state index is 12.4. The third-order valence-electron chi connectivity index (χ3n) is 4.65. The van der Waals surface area contributed by atoms with Gasteiger partial charge in [-0.15, -0.1) is 5.10 Å². The summed E-state index contributed by atoms with van der Waals surface area (Å²) in [6, 6.07) is 19.9. The minimum atomic E-state index is -0.372.